The number of aromatic nitrogens is 1. The molecule has 1 unspecified atom stereocenters. The van der Waals surface area contributed by atoms with Gasteiger partial charge in [0.2, 0.25) is 0 Å². The highest BCUT2D eigenvalue weighted by atomic mass is 35.5. The largest absolute Gasteiger partial charge is 0.480 e. The summed E-state index contributed by atoms with van der Waals surface area (Å²) in [5, 5.41) is 13.8. The SMILES string of the molecule is Cn1ccc2cc(CCC(NC(=O)OCC3c4ccccc4-c4ccccc43)C(=O)O)cc(Cl)c21. The number of halogens is 1. The van der Waals surface area contributed by atoms with Gasteiger partial charge in [0.15, 0.2) is 0 Å². The number of carboxylic acids is 1. The summed E-state index contributed by atoms with van der Waals surface area (Å²) < 4.78 is 7.46. The lowest BCUT2D eigenvalue weighted by atomic mass is 9.98. The normalized spacial score (nSPS) is 13.3. The number of amides is 1. The molecule has 1 amide bonds. The zero-order chi connectivity index (χ0) is 24.5. The summed E-state index contributed by atoms with van der Waals surface area (Å²) in [5.41, 5.74) is 6.31. The Kier molecular flexibility index (Phi) is 6.22. The van der Waals surface area contributed by atoms with Crippen LogP contribution in [-0.4, -0.2) is 34.4 Å². The van der Waals surface area contributed by atoms with Gasteiger partial charge < -0.3 is 19.7 Å². The number of nitrogens with zero attached hydrogens (tertiary/aromatic N) is 1. The molecule has 0 radical (unpaired) electrons. The van der Waals surface area contributed by atoms with Gasteiger partial charge in [0.25, 0.3) is 0 Å². The van der Waals surface area contributed by atoms with Crippen molar-refractivity contribution in [3.05, 3.63) is 94.6 Å². The molecule has 5 rings (SSSR count). The van der Waals surface area contributed by atoms with E-state index < -0.39 is 18.1 Å². The first-order valence-corrected chi connectivity index (χ1v) is 11.9. The van der Waals surface area contributed by atoms with E-state index >= 15 is 0 Å². The Labute approximate surface area is 208 Å². The van der Waals surface area contributed by atoms with Crippen molar-refractivity contribution in [2.45, 2.75) is 24.8 Å². The number of carbonyl (C=O) groups excluding carboxylic acids is 1. The van der Waals surface area contributed by atoms with Crippen LogP contribution >= 0.6 is 11.6 Å². The van der Waals surface area contributed by atoms with Crippen molar-refractivity contribution in [3.8, 4) is 11.1 Å². The molecule has 0 saturated heterocycles. The van der Waals surface area contributed by atoms with Gasteiger partial charge in [-0.2, -0.15) is 0 Å². The third kappa shape index (κ3) is 4.49. The molecule has 1 atom stereocenters. The molecule has 0 spiro atoms. The summed E-state index contributed by atoms with van der Waals surface area (Å²) in [7, 11) is 1.92. The Morgan fingerprint density at radius 2 is 1.71 bits per heavy atom. The third-order valence-electron chi connectivity index (χ3n) is 6.64. The van der Waals surface area contributed by atoms with Gasteiger partial charge in [-0.3, -0.25) is 0 Å². The maximum atomic E-state index is 12.6. The monoisotopic (exact) mass is 488 g/mol. The predicted octanol–water partition coefficient (Wildman–Crippen LogP) is 5.76. The van der Waals surface area contributed by atoms with E-state index in [1.165, 1.54) is 0 Å². The summed E-state index contributed by atoms with van der Waals surface area (Å²) in [4.78, 5) is 24.4. The Hall–Kier alpha value is -3.77. The zero-order valence-electron chi connectivity index (χ0n) is 19.2. The van der Waals surface area contributed by atoms with Gasteiger partial charge in [-0.05, 0) is 58.9 Å². The van der Waals surface area contributed by atoms with Crippen LogP contribution in [0.2, 0.25) is 5.02 Å². The summed E-state index contributed by atoms with van der Waals surface area (Å²) in [6.45, 7) is 0.131. The van der Waals surface area contributed by atoms with E-state index in [2.05, 4.69) is 17.4 Å². The lowest BCUT2D eigenvalue weighted by Gasteiger charge is -2.17. The van der Waals surface area contributed by atoms with Crippen molar-refractivity contribution in [1.29, 1.82) is 0 Å². The maximum Gasteiger partial charge on any atom is 0.407 e. The minimum absolute atomic E-state index is 0.0869. The Balaban J connectivity index is 1.23. The zero-order valence-corrected chi connectivity index (χ0v) is 20.0. The second kappa shape index (κ2) is 9.47. The molecule has 1 aliphatic rings. The number of carboxylic acid groups (broad SMARTS) is 1. The van der Waals surface area contributed by atoms with Crippen LogP contribution in [0.3, 0.4) is 0 Å². The van der Waals surface area contributed by atoms with E-state index in [0.29, 0.717) is 11.4 Å². The average molecular weight is 489 g/mol. The molecule has 3 aromatic carbocycles. The van der Waals surface area contributed by atoms with Crippen molar-refractivity contribution >= 4 is 34.6 Å². The molecule has 1 aliphatic carbocycles. The number of nitrogens with one attached hydrogen (secondary N) is 1. The topological polar surface area (TPSA) is 80.6 Å². The minimum atomic E-state index is -1.11. The molecular formula is C28H25ClN2O4. The molecule has 7 heteroatoms. The van der Waals surface area contributed by atoms with E-state index in [1.54, 1.807) is 0 Å². The number of aryl methyl sites for hydroxylation is 2. The average Bonchev–Trinajstić information content (AvgIpc) is 3.38. The van der Waals surface area contributed by atoms with Crippen molar-refractivity contribution < 1.29 is 19.4 Å². The fraction of sp³-hybridized carbons (Fsp3) is 0.214. The molecule has 2 N–H and O–H groups in total. The lowest BCUT2D eigenvalue weighted by Crippen LogP contribution is -2.41. The predicted molar refractivity (Wildman–Crippen MR) is 136 cm³/mol. The number of hydrogen-bond donors (Lipinski definition) is 2. The van der Waals surface area contributed by atoms with E-state index in [9.17, 15) is 14.7 Å². The van der Waals surface area contributed by atoms with Gasteiger partial charge in [0, 0.05) is 24.5 Å². The van der Waals surface area contributed by atoms with Crippen LogP contribution in [0, 0.1) is 0 Å². The molecule has 4 aromatic rings. The number of ether oxygens (including phenoxy) is 1. The van der Waals surface area contributed by atoms with Gasteiger partial charge in [-0.15, -0.1) is 0 Å². The first kappa shape index (κ1) is 23.0. The lowest BCUT2D eigenvalue weighted by molar-refractivity contribution is -0.139. The highest BCUT2D eigenvalue weighted by Gasteiger charge is 2.29. The molecule has 1 aromatic heterocycles. The Morgan fingerprint density at radius 1 is 1.06 bits per heavy atom. The highest BCUT2D eigenvalue weighted by molar-refractivity contribution is 6.35. The number of alkyl carbamates (subject to hydrolysis) is 1. The second-order valence-corrected chi connectivity index (χ2v) is 9.25. The summed E-state index contributed by atoms with van der Waals surface area (Å²) in [5.74, 6) is -1.19. The number of fused-ring (bicyclic) bond motifs is 4. The minimum Gasteiger partial charge on any atom is -0.480 e. The van der Waals surface area contributed by atoms with E-state index in [0.717, 1.165) is 38.7 Å². The van der Waals surface area contributed by atoms with Crippen molar-refractivity contribution in [3.63, 3.8) is 0 Å². The molecule has 6 nitrogen and oxygen atoms in total. The number of hydrogen-bond acceptors (Lipinski definition) is 3. The van der Waals surface area contributed by atoms with E-state index in [4.69, 9.17) is 16.3 Å². The van der Waals surface area contributed by atoms with Crippen LogP contribution in [0.25, 0.3) is 22.0 Å². The molecule has 1 heterocycles. The summed E-state index contributed by atoms with van der Waals surface area (Å²) in [6, 6.07) is 20.9. The first-order valence-electron chi connectivity index (χ1n) is 11.5. The summed E-state index contributed by atoms with van der Waals surface area (Å²) in [6.07, 6.45) is 1.86. The van der Waals surface area contributed by atoms with Gasteiger partial charge in [-0.25, -0.2) is 9.59 Å². The molecule has 0 aliphatic heterocycles. The van der Waals surface area contributed by atoms with Gasteiger partial charge >= 0.3 is 12.1 Å². The fourth-order valence-electron chi connectivity index (χ4n) is 4.94. The Bertz CT molecular complexity index is 1380. The molecule has 178 valence electrons. The van der Waals surface area contributed by atoms with Crippen LogP contribution in [0.4, 0.5) is 4.79 Å². The first-order chi connectivity index (χ1) is 16.9. The number of rotatable bonds is 7. The molecular weight excluding hydrogens is 464 g/mol. The van der Waals surface area contributed by atoms with Gasteiger partial charge in [-0.1, -0.05) is 60.1 Å². The fourth-order valence-corrected chi connectivity index (χ4v) is 5.32. The van der Waals surface area contributed by atoms with Crippen LogP contribution in [0.1, 0.15) is 29.0 Å². The number of aliphatic carboxylic acids is 1. The third-order valence-corrected chi connectivity index (χ3v) is 6.93. The second-order valence-electron chi connectivity index (χ2n) is 8.84. The molecule has 0 fully saturated rings. The van der Waals surface area contributed by atoms with Crippen LogP contribution in [0.15, 0.2) is 72.9 Å². The molecule has 35 heavy (non-hydrogen) atoms. The van der Waals surface area contributed by atoms with Crippen LogP contribution in [-0.2, 0) is 23.0 Å². The molecule has 0 saturated carbocycles. The maximum absolute atomic E-state index is 12.6. The quantitative estimate of drug-likeness (QED) is 0.347. The van der Waals surface area contributed by atoms with Crippen LogP contribution in [0.5, 0.6) is 0 Å². The van der Waals surface area contributed by atoms with Gasteiger partial charge in [0.1, 0.15) is 12.6 Å². The van der Waals surface area contributed by atoms with Crippen molar-refractivity contribution in [1.82, 2.24) is 9.88 Å². The Morgan fingerprint density at radius 3 is 2.37 bits per heavy atom. The summed E-state index contributed by atoms with van der Waals surface area (Å²) >= 11 is 6.42. The van der Waals surface area contributed by atoms with E-state index in [-0.39, 0.29) is 18.9 Å². The van der Waals surface area contributed by atoms with Crippen LogP contribution < -0.4 is 5.32 Å². The van der Waals surface area contributed by atoms with Crippen molar-refractivity contribution in [2.24, 2.45) is 7.05 Å². The van der Waals surface area contributed by atoms with E-state index in [1.807, 2.05) is 72.4 Å². The molecule has 0 bridgehead atoms. The smallest absolute Gasteiger partial charge is 0.407 e. The standard InChI is InChI=1S/C28H25ClN2O4/c1-31-13-12-18-14-17(15-24(29)26(18)31)10-11-25(27(32)33)30-28(34)35-16-23-21-8-4-2-6-19(21)20-7-3-5-9-22(20)23/h2-9,12-15,23,25H,10-11,16H2,1H3,(H,30,34)(H,32,33). The number of carbonyl (C=O) groups is 2. The number of benzene rings is 3. The van der Waals surface area contributed by atoms with Crippen molar-refractivity contribution in [2.75, 3.05) is 6.61 Å². The van der Waals surface area contributed by atoms with Gasteiger partial charge in [0.05, 0.1) is 10.5 Å². The highest BCUT2D eigenvalue weighted by Crippen LogP contribution is 2.44.